The van der Waals surface area contributed by atoms with Gasteiger partial charge in [-0.2, -0.15) is 0 Å². The van der Waals surface area contributed by atoms with Crippen LogP contribution < -0.4 is 14.2 Å². The van der Waals surface area contributed by atoms with Gasteiger partial charge in [-0.05, 0) is 86.2 Å². The van der Waals surface area contributed by atoms with E-state index < -0.39 is 5.97 Å². The van der Waals surface area contributed by atoms with E-state index in [0.29, 0.717) is 23.7 Å². The number of rotatable bonds is 17. The van der Waals surface area contributed by atoms with E-state index in [2.05, 4.69) is 26.8 Å². The normalized spacial score (nSPS) is 12.0. The lowest BCUT2D eigenvalue weighted by molar-refractivity contribution is 0.0734. The average Bonchev–Trinajstić information content (AvgIpc) is 2.86. The molecule has 0 spiro atoms. The Hall–Kier alpha value is -2.75. The fourth-order valence-corrected chi connectivity index (χ4v) is 3.50. The lowest BCUT2D eigenvalue weighted by Crippen LogP contribution is -2.08. The van der Waals surface area contributed by atoms with E-state index in [1.165, 1.54) is 51.4 Å². The van der Waals surface area contributed by atoms with Gasteiger partial charge in [0.25, 0.3) is 0 Å². The minimum atomic E-state index is -0.393. The number of esters is 1. The first kappa shape index (κ1) is 27.5. The number of hydrogen-bond acceptors (Lipinski definition) is 4. The largest absolute Gasteiger partial charge is 0.494 e. The lowest BCUT2D eigenvalue weighted by Gasteiger charge is -2.10. The third-order valence-electron chi connectivity index (χ3n) is 5.96. The predicted molar refractivity (Wildman–Crippen MR) is 140 cm³/mol. The van der Waals surface area contributed by atoms with Gasteiger partial charge in [-0.25, -0.2) is 4.79 Å². The van der Waals surface area contributed by atoms with E-state index in [9.17, 15) is 4.79 Å². The van der Waals surface area contributed by atoms with E-state index in [-0.39, 0.29) is 0 Å². The first-order valence-corrected chi connectivity index (χ1v) is 13.0. The number of unbranched alkanes of at least 4 members (excludes halogenated alkanes) is 6. The highest BCUT2D eigenvalue weighted by molar-refractivity contribution is 5.91. The van der Waals surface area contributed by atoms with Crippen molar-refractivity contribution >= 4 is 5.97 Å². The van der Waals surface area contributed by atoms with Crippen molar-refractivity contribution < 1.29 is 19.0 Å². The number of carbonyl (C=O) groups excluding carboxylic acids is 1. The van der Waals surface area contributed by atoms with Crippen molar-refractivity contribution in [2.75, 3.05) is 6.61 Å². The van der Waals surface area contributed by atoms with Gasteiger partial charge in [-0.1, -0.05) is 59.3 Å². The monoisotopic (exact) mass is 466 g/mol. The molecule has 0 radical (unpaired) electrons. The molecule has 2 aromatic rings. The summed E-state index contributed by atoms with van der Waals surface area (Å²) in [4.78, 5) is 12.4. The highest BCUT2D eigenvalue weighted by Crippen LogP contribution is 2.20. The number of hydrogen-bond donors (Lipinski definition) is 0. The van der Waals surface area contributed by atoms with Gasteiger partial charge in [-0.3, -0.25) is 0 Å². The zero-order valence-electron chi connectivity index (χ0n) is 21.3. The molecule has 0 aliphatic heterocycles. The highest BCUT2D eigenvalue weighted by Gasteiger charge is 2.09. The molecular weight excluding hydrogens is 424 g/mol. The zero-order chi connectivity index (χ0) is 24.4. The molecule has 0 aliphatic rings. The van der Waals surface area contributed by atoms with Gasteiger partial charge >= 0.3 is 5.97 Å². The van der Waals surface area contributed by atoms with Crippen LogP contribution in [0.4, 0.5) is 0 Å². The van der Waals surface area contributed by atoms with Gasteiger partial charge in [-0.15, -0.1) is 0 Å². The van der Waals surface area contributed by atoms with Crippen LogP contribution in [0.25, 0.3) is 0 Å². The van der Waals surface area contributed by atoms with Gasteiger partial charge in [0.15, 0.2) is 0 Å². The molecule has 0 aromatic heterocycles. The Morgan fingerprint density at radius 2 is 1.47 bits per heavy atom. The molecule has 0 aliphatic carbocycles. The fraction of sp³-hybridized carbons (Fsp3) is 0.500. The molecule has 4 heteroatoms. The van der Waals surface area contributed by atoms with Crippen LogP contribution in [-0.2, 0) is 0 Å². The Morgan fingerprint density at radius 1 is 0.824 bits per heavy atom. The summed E-state index contributed by atoms with van der Waals surface area (Å²) in [7, 11) is 0. The second-order valence-electron chi connectivity index (χ2n) is 8.94. The SMILES string of the molecule is CCCCCCCC/C=C/Oc1ccc(OC(=O)c2ccc(OCCC[C@@H](C)CC)cc2)cc1. The average molecular weight is 467 g/mol. The maximum atomic E-state index is 12.4. The van der Waals surface area contributed by atoms with Gasteiger partial charge in [0.2, 0.25) is 0 Å². The molecule has 34 heavy (non-hydrogen) atoms. The summed E-state index contributed by atoms with van der Waals surface area (Å²) in [6.45, 7) is 7.40. The van der Waals surface area contributed by atoms with Crippen LogP contribution in [0.1, 0.15) is 95.3 Å². The van der Waals surface area contributed by atoms with E-state index in [1.807, 2.05) is 12.1 Å². The third kappa shape index (κ3) is 11.4. The summed E-state index contributed by atoms with van der Waals surface area (Å²) < 4.78 is 16.9. The topological polar surface area (TPSA) is 44.8 Å². The number of allylic oxidation sites excluding steroid dienone is 1. The Balaban J connectivity index is 1.68. The molecule has 0 saturated carbocycles. The van der Waals surface area contributed by atoms with Crippen molar-refractivity contribution in [3.05, 3.63) is 66.4 Å². The molecule has 2 rings (SSSR count). The maximum absolute atomic E-state index is 12.4. The van der Waals surface area contributed by atoms with E-state index >= 15 is 0 Å². The Kier molecular flexibility index (Phi) is 13.6. The minimum Gasteiger partial charge on any atom is -0.494 e. The van der Waals surface area contributed by atoms with Crippen molar-refractivity contribution in [2.24, 2.45) is 5.92 Å². The summed E-state index contributed by atoms with van der Waals surface area (Å²) in [5.41, 5.74) is 0.491. The van der Waals surface area contributed by atoms with Crippen molar-refractivity contribution in [1.82, 2.24) is 0 Å². The molecule has 0 fully saturated rings. The lowest BCUT2D eigenvalue weighted by atomic mass is 10.0. The van der Waals surface area contributed by atoms with E-state index in [0.717, 1.165) is 24.5 Å². The van der Waals surface area contributed by atoms with Crippen molar-refractivity contribution in [3.8, 4) is 17.2 Å². The maximum Gasteiger partial charge on any atom is 0.343 e. The Bertz CT molecular complexity index is 824. The summed E-state index contributed by atoms with van der Waals surface area (Å²) in [6.07, 6.45) is 16.0. The third-order valence-corrected chi connectivity index (χ3v) is 5.96. The van der Waals surface area contributed by atoms with Gasteiger partial charge in [0.1, 0.15) is 17.2 Å². The van der Waals surface area contributed by atoms with Crippen LogP contribution in [0.3, 0.4) is 0 Å². The Labute approximate surface area is 206 Å². The smallest absolute Gasteiger partial charge is 0.343 e. The van der Waals surface area contributed by atoms with Crippen LogP contribution in [0.2, 0.25) is 0 Å². The highest BCUT2D eigenvalue weighted by atomic mass is 16.5. The van der Waals surface area contributed by atoms with Crippen molar-refractivity contribution in [2.45, 2.75) is 85.0 Å². The van der Waals surface area contributed by atoms with Gasteiger partial charge < -0.3 is 14.2 Å². The molecule has 4 nitrogen and oxygen atoms in total. The second-order valence-corrected chi connectivity index (χ2v) is 8.94. The quantitative estimate of drug-likeness (QED) is 0.101. The van der Waals surface area contributed by atoms with Gasteiger partial charge in [0, 0.05) is 0 Å². The minimum absolute atomic E-state index is 0.393. The standard InChI is InChI=1S/C30H42O4/c1-4-6-7-8-9-10-11-12-23-32-28-19-21-29(22-20-28)34-30(31)26-15-17-27(18-16-26)33-24-13-14-25(3)5-2/h12,15-23,25H,4-11,13-14,24H2,1-3H3/b23-12+/t25-/m0/s1. The van der Waals surface area contributed by atoms with Crippen LogP contribution in [0.5, 0.6) is 17.2 Å². The first-order chi connectivity index (χ1) is 16.6. The summed E-state index contributed by atoms with van der Waals surface area (Å²) in [6, 6.07) is 14.2. The fourth-order valence-electron chi connectivity index (χ4n) is 3.50. The molecular formula is C30H42O4. The predicted octanol–water partition coefficient (Wildman–Crippen LogP) is 8.75. The molecule has 0 amide bonds. The summed E-state index contributed by atoms with van der Waals surface area (Å²) in [5, 5.41) is 0. The van der Waals surface area contributed by atoms with Crippen molar-refractivity contribution in [3.63, 3.8) is 0 Å². The van der Waals surface area contributed by atoms with Crippen LogP contribution in [0.15, 0.2) is 60.9 Å². The molecule has 2 aromatic carbocycles. The van der Waals surface area contributed by atoms with Crippen LogP contribution in [0, 0.1) is 5.92 Å². The van der Waals surface area contributed by atoms with Crippen molar-refractivity contribution in [1.29, 1.82) is 0 Å². The van der Waals surface area contributed by atoms with E-state index in [4.69, 9.17) is 14.2 Å². The van der Waals surface area contributed by atoms with Crippen LogP contribution >= 0.6 is 0 Å². The molecule has 0 saturated heterocycles. The second kappa shape index (κ2) is 16.8. The zero-order valence-corrected chi connectivity index (χ0v) is 21.3. The summed E-state index contributed by atoms with van der Waals surface area (Å²) >= 11 is 0. The van der Waals surface area contributed by atoms with Crippen LogP contribution in [-0.4, -0.2) is 12.6 Å². The molecule has 0 heterocycles. The number of carbonyl (C=O) groups is 1. The number of ether oxygens (including phenoxy) is 3. The molecule has 0 unspecified atom stereocenters. The summed E-state index contributed by atoms with van der Waals surface area (Å²) in [5.74, 6) is 2.31. The first-order valence-electron chi connectivity index (χ1n) is 13.0. The molecule has 186 valence electrons. The van der Waals surface area contributed by atoms with E-state index in [1.54, 1.807) is 42.7 Å². The molecule has 0 bridgehead atoms. The molecule has 1 atom stereocenters. The number of benzene rings is 2. The van der Waals surface area contributed by atoms with Gasteiger partial charge in [0.05, 0.1) is 18.4 Å². The Morgan fingerprint density at radius 3 is 2.18 bits per heavy atom. The molecule has 0 N–H and O–H groups in total.